The summed E-state index contributed by atoms with van der Waals surface area (Å²) in [6.45, 7) is 20.3. The zero-order valence-electron chi connectivity index (χ0n) is 22.3. The average molecular weight is 464 g/mol. The lowest BCUT2D eigenvalue weighted by Gasteiger charge is -2.64. The van der Waals surface area contributed by atoms with E-state index in [-0.39, 0.29) is 34.9 Å². The molecule has 8 heteroatoms. The van der Waals surface area contributed by atoms with Gasteiger partial charge in [-0.1, -0.05) is 41.5 Å². The Morgan fingerprint density at radius 1 is 1.09 bits per heavy atom. The van der Waals surface area contributed by atoms with Crippen molar-refractivity contribution in [1.29, 1.82) is 0 Å². The van der Waals surface area contributed by atoms with E-state index in [0.717, 1.165) is 12.8 Å². The molecule has 0 radical (unpaired) electrons. The third-order valence-electron chi connectivity index (χ3n) is 7.97. The van der Waals surface area contributed by atoms with Gasteiger partial charge in [-0.05, 0) is 76.0 Å². The van der Waals surface area contributed by atoms with Crippen molar-refractivity contribution in [3.05, 3.63) is 0 Å². The van der Waals surface area contributed by atoms with Crippen LogP contribution in [0.25, 0.3) is 0 Å². The maximum Gasteiger partial charge on any atom is 0.481 e. The maximum absolute atomic E-state index is 13.3. The van der Waals surface area contributed by atoms with Gasteiger partial charge in [-0.15, -0.1) is 0 Å². The van der Waals surface area contributed by atoms with E-state index in [9.17, 15) is 9.59 Å². The van der Waals surface area contributed by atoms with Gasteiger partial charge in [-0.2, -0.15) is 0 Å². The van der Waals surface area contributed by atoms with Crippen LogP contribution in [0.5, 0.6) is 0 Å². The molecule has 2 bridgehead atoms. The van der Waals surface area contributed by atoms with Crippen molar-refractivity contribution in [2.24, 2.45) is 29.1 Å². The predicted molar refractivity (Wildman–Crippen MR) is 129 cm³/mol. The summed E-state index contributed by atoms with van der Waals surface area (Å²) in [5.74, 6) is 0.853. The van der Waals surface area contributed by atoms with Crippen LogP contribution in [0.1, 0.15) is 88.5 Å². The molecule has 33 heavy (non-hydrogen) atoms. The van der Waals surface area contributed by atoms with Gasteiger partial charge in [0, 0.05) is 0 Å². The predicted octanol–water partition coefficient (Wildman–Crippen LogP) is 4.33. The number of alkyl carbamates (subject to hydrolysis) is 1. The molecule has 0 aromatic carbocycles. The van der Waals surface area contributed by atoms with Crippen molar-refractivity contribution in [3.8, 4) is 0 Å². The van der Waals surface area contributed by atoms with Crippen LogP contribution >= 0.6 is 0 Å². The second-order valence-electron chi connectivity index (χ2n) is 12.9. The van der Waals surface area contributed by atoms with Crippen LogP contribution in [0, 0.1) is 29.1 Å². The van der Waals surface area contributed by atoms with Gasteiger partial charge in [0.1, 0.15) is 11.6 Å². The number of ether oxygens (including phenoxy) is 1. The molecule has 1 aliphatic heterocycles. The molecular formula is C25H45BN2O5. The zero-order valence-corrected chi connectivity index (χ0v) is 22.3. The molecule has 3 saturated carbocycles. The minimum Gasteiger partial charge on any atom is -0.444 e. The van der Waals surface area contributed by atoms with Gasteiger partial charge in [0.2, 0.25) is 5.91 Å². The van der Waals surface area contributed by atoms with Gasteiger partial charge in [0.15, 0.2) is 0 Å². The third kappa shape index (κ3) is 5.37. The zero-order chi connectivity index (χ0) is 24.9. The monoisotopic (exact) mass is 464 g/mol. The van der Waals surface area contributed by atoms with Crippen LogP contribution in [0.4, 0.5) is 4.79 Å². The fourth-order valence-corrected chi connectivity index (χ4v) is 6.06. The van der Waals surface area contributed by atoms with E-state index in [1.54, 1.807) is 20.8 Å². The number of hydrogen-bond acceptors (Lipinski definition) is 5. The van der Waals surface area contributed by atoms with E-state index in [4.69, 9.17) is 14.0 Å². The van der Waals surface area contributed by atoms with E-state index < -0.39 is 24.9 Å². The average Bonchev–Trinajstić information content (AvgIpc) is 3.00. The van der Waals surface area contributed by atoms with Crippen LogP contribution < -0.4 is 10.6 Å². The van der Waals surface area contributed by atoms with Gasteiger partial charge in [-0.3, -0.25) is 4.79 Å². The molecule has 2 amide bonds. The number of rotatable bonds is 7. The van der Waals surface area contributed by atoms with E-state index >= 15 is 0 Å². The lowest BCUT2D eigenvalue weighted by Crippen LogP contribution is -2.65. The molecule has 4 aliphatic rings. The van der Waals surface area contributed by atoms with E-state index in [0.29, 0.717) is 17.8 Å². The molecule has 3 aliphatic carbocycles. The van der Waals surface area contributed by atoms with Crippen molar-refractivity contribution in [1.82, 2.24) is 10.6 Å². The smallest absolute Gasteiger partial charge is 0.444 e. The van der Waals surface area contributed by atoms with E-state index in [1.165, 1.54) is 6.42 Å². The normalized spacial score (nSPS) is 32.1. The highest BCUT2D eigenvalue weighted by atomic mass is 16.7. The highest BCUT2D eigenvalue weighted by Gasteiger charge is 2.68. The quantitative estimate of drug-likeness (QED) is 0.548. The minimum absolute atomic E-state index is 0.0617. The van der Waals surface area contributed by atoms with Crippen LogP contribution in [0.3, 0.4) is 0 Å². The summed E-state index contributed by atoms with van der Waals surface area (Å²) in [6, 6.07) is -0.708. The summed E-state index contributed by atoms with van der Waals surface area (Å²) in [5, 5.41) is 5.91. The van der Waals surface area contributed by atoms with E-state index in [1.807, 2.05) is 13.8 Å². The van der Waals surface area contributed by atoms with Crippen molar-refractivity contribution >= 4 is 19.1 Å². The summed E-state index contributed by atoms with van der Waals surface area (Å²) in [6.07, 6.45) is 2.39. The van der Waals surface area contributed by atoms with Gasteiger partial charge >= 0.3 is 13.2 Å². The number of carbonyl (C=O) groups is 2. The Morgan fingerprint density at radius 2 is 1.73 bits per heavy atom. The molecular weight excluding hydrogens is 419 g/mol. The highest BCUT2D eigenvalue weighted by molar-refractivity contribution is 6.47. The first-order valence-corrected chi connectivity index (χ1v) is 12.7. The molecule has 2 N–H and O–H groups in total. The molecule has 188 valence electrons. The van der Waals surface area contributed by atoms with Gasteiger partial charge in [0.05, 0.1) is 17.6 Å². The number of carbonyl (C=O) groups excluding carboxylic acids is 2. The Labute approximate surface area is 200 Å². The molecule has 6 atom stereocenters. The van der Waals surface area contributed by atoms with Crippen LogP contribution in [0.15, 0.2) is 0 Å². The standard InChI is InChI=1S/C25H45BN2O5/c1-14(2)11-19(27-21(29)20(15(3)4)28-22(30)31-23(5,6)7)26-32-18-13-16-12-17(24(16,8)9)25(18,10)33-26/h14-20H,11-13H2,1-10H3,(H,27,29)(H,28,30)/t16-,17-,18?,19-,20-,25-/m0/s1. The fraction of sp³-hybridized carbons (Fsp3) is 0.920. The lowest BCUT2D eigenvalue weighted by atomic mass is 9.43. The van der Waals surface area contributed by atoms with Crippen LogP contribution in [-0.4, -0.2) is 48.4 Å². The Morgan fingerprint density at radius 3 is 2.24 bits per heavy atom. The van der Waals surface area contributed by atoms with Gasteiger partial charge in [0.25, 0.3) is 0 Å². The number of nitrogens with one attached hydrogen (secondary N) is 2. The third-order valence-corrected chi connectivity index (χ3v) is 7.97. The molecule has 4 fully saturated rings. The summed E-state index contributed by atoms with van der Waals surface area (Å²) in [5.41, 5.74) is -0.691. The fourth-order valence-electron chi connectivity index (χ4n) is 6.06. The topological polar surface area (TPSA) is 85.9 Å². The van der Waals surface area contributed by atoms with Crippen LogP contribution in [-0.2, 0) is 18.8 Å². The number of amides is 2. The molecule has 1 saturated heterocycles. The molecule has 0 aromatic heterocycles. The molecule has 4 rings (SSSR count). The Kier molecular flexibility index (Phi) is 7.23. The van der Waals surface area contributed by atoms with Crippen LogP contribution in [0.2, 0.25) is 0 Å². The van der Waals surface area contributed by atoms with Gasteiger partial charge < -0.3 is 24.7 Å². The second kappa shape index (κ2) is 9.06. The van der Waals surface area contributed by atoms with Crippen molar-refractivity contribution in [2.75, 3.05) is 0 Å². The molecule has 0 aromatic rings. The van der Waals surface area contributed by atoms with Gasteiger partial charge in [-0.25, -0.2) is 4.79 Å². The van der Waals surface area contributed by atoms with Crippen molar-refractivity contribution in [2.45, 2.75) is 118 Å². The lowest BCUT2D eigenvalue weighted by molar-refractivity contribution is -0.199. The molecule has 7 nitrogen and oxygen atoms in total. The summed E-state index contributed by atoms with van der Waals surface area (Å²) < 4.78 is 18.5. The maximum atomic E-state index is 13.3. The largest absolute Gasteiger partial charge is 0.481 e. The first-order chi connectivity index (χ1) is 15.0. The molecule has 1 heterocycles. The first-order valence-electron chi connectivity index (χ1n) is 12.7. The first kappa shape index (κ1) is 26.3. The second-order valence-corrected chi connectivity index (χ2v) is 12.9. The SMILES string of the molecule is CC(C)C[C@H](NC(=O)[C@@H](NC(=O)OC(C)(C)C)C(C)C)B1OC2C[C@@H]3C[C@@H](C3(C)C)[C@]2(C)O1. The Balaban J connectivity index is 1.71. The summed E-state index contributed by atoms with van der Waals surface area (Å²) >= 11 is 0. The Bertz CT molecular complexity index is 750. The summed E-state index contributed by atoms with van der Waals surface area (Å²) in [7, 11) is -0.490. The minimum atomic E-state index is -0.708. The summed E-state index contributed by atoms with van der Waals surface area (Å²) in [4.78, 5) is 25.7. The number of hydrogen-bond donors (Lipinski definition) is 2. The molecule has 1 unspecified atom stereocenters. The molecule has 0 spiro atoms. The highest BCUT2D eigenvalue weighted by Crippen LogP contribution is 2.65. The Hall–Kier alpha value is -1.28. The van der Waals surface area contributed by atoms with E-state index in [2.05, 4.69) is 45.3 Å². The van der Waals surface area contributed by atoms with Crippen molar-refractivity contribution in [3.63, 3.8) is 0 Å². The van der Waals surface area contributed by atoms with Crippen molar-refractivity contribution < 1.29 is 23.6 Å².